The van der Waals surface area contributed by atoms with Gasteiger partial charge in [0.2, 0.25) is 0 Å². The number of benzene rings is 1. The summed E-state index contributed by atoms with van der Waals surface area (Å²) in [5, 5.41) is 3.88. The number of aryl methyl sites for hydroxylation is 2. The molecule has 3 rings (SSSR count). The predicted octanol–water partition coefficient (Wildman–Crippen LogP) is 3.81. The molecule has 5 heteroatoms. The highest BCUT2D eigenvalue weighted by Gasteiger charge is 2.19. The van der Waals surface area contributed by atoms with Crippen molar-refractivity contribution in [3.8, 4) is 28.2 Å². The van der Waals surface area contributed by atoms with Crippen LogP contribution in [0.4, 0.5) is 5.82 Å². The van der Waals surface area contributed by atoms with Gasteiger partial charge in [0.15, 0.2) is 11.6 Å². The van der Waals surface area contributed by atoms with Crippen LogP contribution in [0, 0.1) is 13.8 Å². The van der Waals surface area contributed by atoms with Crippen molar-refractivity contribution in [3.05, 3.63) is 41.9 Å². The van der Waals surface area contributed by atoms with E-state index >= 15 is 0 Å². The minimum Gasteiger partial charge on any atom is -0.496 e. The quantitative estimate of drug-likeness (QED) is 0.791. The van der Waals surface area contributed by atoms with E-state index in [2.05, 4.69) is 5.16 Å². The fraction of sp³-hybridized carbons (Fsp3) is 0.188. The van der Waals surface area contributed by atoms with Crippen LogP contribution in [-0.2, 0) is 0 Å². The van der Waals surface area contributed by atoms with Gasteiger partial charge in [0, 0.05) is 0 Å². The summed E-state index contributed by atoms with van der Waals surface area (Å²) < 4.78 is 16.1. The van der Waals surface area contributed by atoms with Crippen LogP contribution in [-0.4, -0.2) is 12.3 Å². The van der Waals surface area contributed by atoms with Crippen molar-refractivity contribution >= 4 is 5.82 Å². The average molecular weight is 284 g/mol. The van der Waals surface area contributed by atoms with E-state index in [9.17, 15) is 0 Å². The highest BCUT2D eigenvalue weighted by Crippen LogP contribution is 2.38. The fourth-order valence-electron chi connectivity index (χ4n) is 2.32. The number of furan rings is 1. The highest BCUT2D eigenvalue weighted by atomic mass is 16.5. The van der Waals surface area contributed by atoms with E-state index in [0.717, 1.165) is 33.8 Å². The molecule has 0 amide bonds. The SMILES string of the molecule is COc1cc(-c2c(N)noc2-c2coc(C)c2)ccc1C. The lowest BCUT2D eigenvalue weighted by Crippen LogP contribution is -1.91. The standard InChI is InChI=1S/C16H16N2O3/c1-9-4-5-11(7-13(9)19-3)14-15(21-18-16(14)17)12-6-10(2)20-8-12/h4-8H,1-3H3,(H2,17,18). The number of hydrogen-bond acceptors (Lipinski definition) is 5. The van der Waals surface area contributed by atoms with Gasteiger partial charge in [-0.05, 0) is 37.1 Å². The molecule has 0 aliphatic heterocycles. The molecule has 0 aliphatic rings. The van der Waals surface area contributed by atoms with Gasteiger partial charge in [0.1, 0.15) is 17.8 Å². The van der Waals surface area contributed by atoms with Gasteiger partial charge < -0.3 is 19.4 Å². The maximum absolute atomic E-state index is 5.97. The summed E-state index contributed by atoms with van der Waals surface area (Å²) in [6.45, 7) is 3.86. The van der Waals surface area contributed by atoms with E-state index in [1.54, 1.807) is 13.4 Å². The number of hydrogen-bond donors (Lipinski definition) is 1. The zero-order valence-corrected chi connectivity index (χ0v) is 12.1. The molecular weight excluding hydrogens is 268 g/mol. The molecule has 0 atom stereocenters. The van der Waals surface area contributed by atoms with E-state index in [1.807, 2.05) is 38.1 Å². The van der Waals surface area contributed by atoms with Gasteiger partial charge in [0.05, 0.1) is 18.2 Å². The van der Waals surface area contributed by atoms with Crippen molar-refractivity contribution in [3.63, 3.8) is 0 Å². The summed E-state index contributed by atoms with van der Waals surface area (Å²) in [5.74, 6) is 2.53. The maximum Gasteiger partial charge on any atom is 0.180 e. The number of anilines is 1. The minimum atomic E-state index is 0.342. The predicted molar refractivity (Wildman–Crippen MR) is 80.1 cm³/mol. The molecule has 2 aromatic heterocycles. The summed E-state index contributed by atoms with van der Waals surface area (Å²) in [4.78, 5) is 0. The molecule has 0 bridgehead atoms. The molecular formula is C16H16N2O3. The van der Waals surface area contributed by atoms with Gasteiger partial charge in [-0.25, -0.2) is 0 Å². The molecule has 0 radical (unpaired) electrons. The van der Waals surface area contributed by atoms with Crippen molar-refractivity contribution in [2.24, 2.45) is 0 Å². The molecule has 0 spiro atoms. The Morgan fingerprint density at radius 2 is 1.95 bits per heavy atom. The normalized spacial score (nSPS) is 10.8. The molecule has 0 unspecified atom stereocenters. The molecule has 108 valence electrons. The van der Waals surface area contributed by atoms with Crippen molar-refractivity contribution in [2.45, 2.75) is 13.8 Å². The van der Waals surface area contributed by atoms with Crippen LogP contribution in [0.25, 0.3) is 22.5 Å². The Labute approximate surface area is 122 Å². The van der Waals surface area contributed by atoms with Gasteiger partial charge in [-0.1, -0.05) is 17.3 Å². The summed E-state index contributed by atoms with van der Waals surface area (Å²) in [6, 6.07) is 7.76. The second-order valence-corrected chi connectivity index (χ2v) is 4.90. The van der Waals surface area contributed by atoms with E-state index in [4.69, 9.17) is 19.4 Å². The summed E-state index contributed by atoms with van der Waals surface area (Å²) in [6.07, 6.45) is 1.63. The lowest BCUT2D eigenvalue weighted by Gasteiger charge is -2.07. The zero-order chi connectivity index (χ0) is 15.0. The number of rotatable bonds is 3. The van der Waals surface area contributed by atoms with Gasteiger partial charge in [0.25, 0.3) is 0 Å². The number of nitrogens with zero attached hydrogens (tertiary/aromatic N) is 1. The zero-order valence-electron chi connectivity index (χ0n) is 12.1. The van der Waals surface area contributed by atoms with Crippen molar-refractivity contribution in [1.82, 2.24) is 5.16 Å². The first kappa shape index (κ1) is 13.3. The Morgan fingerprint density at radius 1 is 1.14 bits per heavy atom. The number of nitrogens with two attached hydrogens (primary N) is 1. The Morgan fingerprint density at radius 3 is 2.62 bits per heavy atom. The maximum atomic E-state index is 5.97. The lowest BCUT2D eigenvalue weighted by molar-refractivity contribution is 0.412. The Kier molecular flexibility index (Phi) is 3.17. The molecule has 2 N–H and O–H groups in total. The van der Waals surface area contributed by atoms with Crippen molar-refractivity contribution < 1.29 is 13.7 Å². The molecule has 3 aromatic rings. The van der Waals surface area contributed by atoms with Crippen molar-refractivity contribution in [2.75, 3.05) is 12.8 Å². The summed E-state index contributed by atoms with van der Waals surface area (Å²) in [5.41, 5.74) is 9.47. The molecule has 21 heavy (non-hydrogen) atoms. The molecule has 0 saturated heterocycles. The third kappa shape index (κ3) is 2.27. The number of aromatic nitrogens is 1. The van der Waals surface area contributed by atoms with Crippen LogP contribution in [0.5, 0.6) is 5.75 Å². The van der Waals surface area contributed by atoms with Gasteiger partial charge >= 0.3 is 0 Å². The summed E-state index contributed by atoms with van der Waals surface area (Å²) in [7, 11) is 1.64. The third-order valence-electron chi connectivity index (χ3n) is 3.41. The van der Waals surface area contributed by atoms with E-state index in [-0.39, 0.29) is 0 Å². The van der Waals surface area contributed by atoms with E-state index in [0.29, 0.717) is 11.6 Å². The van der Waals surface area contributed by atoms with Crippen molar-refractivity contribution in [1.29, 1.82) is 0 Å². The Balaban J connectivity index is 2.17. The first-order chi connectivity index (χ1) is 10.1. The van der Waals surface area contributed by atoms with E-state index < -0.39 is 0 Å². The minimum absolute atomic E-state index is 0.342. The summed E-state index contributed by atoms with van der Waals surface area (Å²) >= 11 is 0. The van der Waals surface area contributed by atoms with Crippen LogP contribution in [0.3, 0.4) is 0 Å². The molecule has 0 saturated carbocycles. The van der Waals surface area contributed by atoms with Crippen LogP contribution >= 0.6 is 0 Å². The van der Waals surface area contributed by atoms with Gasteiger partial charge in [-0.15, -0.1) is 0 Å². The largest absolute Gasteiger partial charge is 0.496 e. The second kappa shape index (κ2) is 5.01. The third-order valence-corrected chi connectivity index (χ3v) is 3.41. The fourth-order valence-corrected chi connectivity index (χ4v) is 2.32. The molecule has 5 nitrogen and oxygen atoms in total. The Hall–Kier alpha value is -2.69. The lowest BCUT2D eigenvalue weighted by atomic mass is 10.0. The first-order valence-corrected chi connectivity index (χ1v) is 6.56. The topological polar surface area (TPSA) is 74.4 Å². The van der Waals surface area contributed by atoms with Crippen LogP contribution in [0.1, 0.15) is 11.3 Å². The van der Waals surface area contributed by atoms with Gasteiger partial charge in [-0.3, -0.25) is 0 Å². The highest BCUT2D eigenvalue weighted by molar-refractivity contribution is 5.87. The monoisotopic (exact) mass is 284 g/mol. The smallest absolute Gasteiger partial charge is 0.180 e. The molecule has 1 aromatic carbocycles. The average Bonchev–Trinajstić information content (AvgIpc) is 3.05. The van der Waals surface area contributed by atoms with Crippen LogP contribution in [0.15, 0.2) is 39.5 Å². The molecule has 2 heterocycles. The number of nitrogen functional groups attached to an aromatic ring is 1. The second-order valence-electron chi connectivity index (χ2n) is 4.90. The van der Waals surface area contributed by atoms with Crippen LogP contribution < -0.4 is 10.5 Å². The Bertz CT molecular complexity index is 787. The number of methoxy groups -OCH3 is 1. The molecule has 0 aliphatic carbocycles. The van der Waals surface area contributed by atoms with E-state index in [1.165, 1.54) is 0 Å². The van der Waals surface area contributed by atoms with Crippen LogP contribution in [0.2, 0.25) is 0 Å². The number of ether oxygens (including phenoxy) is 1. The van der Waals surface area contributed by atoms with Gasteiger partial charge in [-0.2, -0.15) is 0 Å². The first-order valence-electron chi connectivity index (χ1n) is 6.56. The molecule has 0 fully saturated rings.